The van der Waals surface area contributed by atoms with Crippen molar-refractivity contribution in [2.45, 2.75) is 71.5 Å². The first-order valence-electron chi connectivity index (χ1n) is 10.1. The molecule has 3 rings (SSSR count). The molecule has 0 aliphatic carbocycles. The van der Waals surface area contributed by atoms with Crippen LogP contribution in [0.25, 0.3) is 11.0 Å². The number of rotatable bonds is 1. The highest BCUT2D eigenvalue weighted by molar-refractivity contribution is 5.88. The van der Waals surface area contributed by atoms with Crippen molar-refractivity contribution in [3.63, 3.8) is 0 Å². The van der Waals surface area contributed by atoms with E-state index in [1.807, 2.05) is 59.7 Å². The van der Waals surface area contributed by atoms with Crippen molar-refractivity contribution >= 4 is 23.2 Å². The average Bonchev–Trinajstić information content (AvgIpc) is 2.98. The van der Waals surface area contributed by atoms with Gasteiger partial charge in [-0.3, -0.25) is 0 Å². The number of carbonyl (C=O) groups is 2. The Hall–Kier alpha value is -2.57. The molecule has 1 unspecified atom stereocenters. The molecule has 1 aliphatic rings. The van der Waals surface area contributed by atoms with Gasteiger partial charge in [-0.1, -0.05) is 0 Å². The van der Waals surface area contributed by atoms with Gasteiger partial charge >= 0.3 is 12.2 Å². The predicted octanol–water partition coefficient (Wildman–Crippen LogP) is 4.93. The summed E-state index contributed by atoms with van der Waals surface area (Å²) >= 11 is 0. The molecule has 1 amide bonds. The van der Waals surface area contributed by atoms with Crippen molar-refractivity contribution in [3.8, 4) is 0 Å². The molecule has 1 aliphatic heterocycles. The number of pyridine rings is 1. The van der Waals surface area contributed by atoms with E-state index in [0.717, 1.165) is 23.9 Å². The van der Waals surface area contributed by atoms with E-state index in [1.165, 1.54) is 0 Å². The van der Waals surface area contributed by atoms with Gasteiger partial charge < -0.3 is 14.4 Å². The summed E-state index contributed by atoms with van der Waals surface area (Å²) in [6, 6.07) is 5.76. The maximum absolute atomic E-state index is 13.0. The summed E-state index contributed by atoms with van der Waals surface area (Å²) in [5.74, 6) is -0.00186. The fourth-order valence-electron chi connectivity index (χ4n) is 3.57. The number of carbonyl (C=O) groups excluding carboxylic acids is 2. The van der Waals surface area contributed by atoms with Crippen LogP contribution in [0.4, 0.5) is 9.59 Å². The topological polar surface area (TPSA) is 73.7 Å². The lowest BCUT2D eigenvalue weighted by Gasteiger charge is -2.34. The summed E-state index contributed by atoms with van der Waals surface area (Å²) in [6.45, 7) is 12.2. The number of hydrogen-bond acceptors (Lipinski definition) is 5. The van der Waals surface area contributed by atoms with Crippen molar-refractivity contribution in [1.29, 1.82) is 0 Å². The molecule has 0 aromatic carbocycles. The summed E-state index contributed by atoms with van der Waals surface area (Å²) < 4.78 is 12.7. The molecule has 29 heavy (non-hydrogen) atoms. The molecule has 2 aromatic rings. The number of likely N-dealkylation sites (tertiary alicyclic amines) is 1. The lowest BCUT2D eigenvalue weighted by molar-refractivity contribution is 0.0196. The number of ether oxygens (including phenoxy) is 2. The van der Waals surface area contributed by atoms with Crippen molar-refractivity contribution in [2.24, 2.45) is 0 Å². The minimum atomic E-state index is -0.616. The molecule has 2 aromatic heterocycles. The van der Waals surface area contributed by atoms with Crippen LogP contribution < -0.4 is 0 Å². The molecule has 0 radical (unpaired) electrons. The van der Waals surface area contributed by atoms with Crippen LogP contribution in [0.15, 0.2) is 24.4 Å². The van der Waals surface area contributed by atoms with E-state index >= 15 is 0 Å². The normalized spacial score (nSPS) is 18.0. The van der Waals surface area contributed by atoms with Gasteiger partial charge in [-0.25, -0.2) is 19.1 Å². The van der Waals surface area contributed by atoms with E-state index in [0.29, 0.717) is 18.7 Å². The molecule has 7 heteroatoms. The number of amides is 1. The average molecular weight is 402 g/mol. The molecule has 158 valence electrons. The molecular formula is C22H31N3O4. The monoisotopic (exact) mass is 401 g/mol. The third-order valence-electron chi connectivity index (χ3n) is 4.66. The van der Waals surface area contributed by atoms with Gasteiger partial charge in [0.25, 0.3) is 0 Å². The van der Waals surface area contributed by atoms with E-state index in [2.05, 4.69) is 4.98 Å². The molecule has 0 spiro atoms. The second-order valence-electron chi connectivity index (χ2n) is 9.57. The molecule has 7 nitrogen and oxygen atoms in total. The Kier molecular flexibility index (Phi) is 5.61. The number of fused-ring (bicyclic) bond motifs is 1. The fourth-order valence-corrected chi connectivity index (χ4v) is 3.57. The second-order valence-corrected chi connectivity index (χ2v) is 9.57. The largest absolute Gasteiger partial charge is 0.444 e. The quantitative estimate of drug-likeness (QED) is 0.677. The van der Waals surface area contributed by atoms with E-state index in [-0.39, 0.29) is 12.0 Å². The Labute approximate surface area is 172 Å². The molecule has 3 heterocycles. The predicted molar refractivity (Wildman–Crippen MR) is 111 cm³/mol. The Bertz CT molecular complexity index is 905. The van der Waals surface area contributed by atoms with E-state index in [4.69, 9.17) is 9.47 Å². The van der Waals surface area contributed by atoms with Crippen LogP contribution in [0, 0.1) is 0 Å². The van der Waals surface area contributed by atoms with Crippen molar-refractivity contribution in [2.75, 3.05) is 13.1 Å². The maximum Gasteiger partial charge on any atom is 0.420 e. The van der Waals surface area contributed by atoms with Crippen LogP contribution in [-0.2, 0) is 9.47 Å². The highest BCUT2D eigenvalue weighted by Crippen LogP contribution is 2.32. The molecule has 1 fully saturated rings. The molecule has 0 bridgehead atoms. The number of hydrogen-bond donors (Lipinski definition) is 0. The Morgan fingerprint density at radius 3 is 2.38 bits per heavy atom. The van der Waals surface area contributed by atoms with Crippen molar-refractivity contribution in [3.05, 3.63) is 30.1 Å². The van der Waals surface area contributed by atoms with Gasteiger partial charge in [0, 0.05) is 36.3 Å². The third-order valence-corrected chi connectivity index (χ3v) is 4.66. The highest BCUT2D eigenvalue weighted by Gasteiger charge is 2.32. The zero-order valence-corrected chi connectivity index (χ0v) is 18.2. The first-order chi connectivity index (χ1) is 13.4. The van der Waals surface area contributed by atoms with Gasteiger partial charge in [-0.05, 0) is 72.6 Å². The second kappa shape index (κ2) is 7.69. The van der Waals surface area contributed by atoms with E-state index in [9.17, 15) is 9.59 Å². The summed E-state index contributed by atoms with van der Waals surface area (Å²) in [6.07, 6.45) is 2.61. The molecule has 1 saturated heterocycles. The van der Waals surface area contributed by atoms with Gasteiger partial charge in [0.2, 0.25) is 0 Å². The van der Waals surface area contributed by atoms with Crippen molar-refractivity contribution in [1.82, 2.24) is 14.5 Å². The van der Waals surface area contributed by atoms with Gasteiger partial charge in [0.05, 0.1) is 0 Å². The minimum Gasteiger partial charge on any atom is -0.444 e. The van der Waals surface area contributed by atoms with Gasteiger partial charge in [-0.15, -0.1) is 0 Å². The summed E-state index contributed by atoms with van der Waals surface area (Å²) in [4.78, 5) is 31.7. The van der Waals surface area contributed by atoms with Crippen LogP contribution in [-0.4, -0.2) is 50.9 Å². The van der Waals surface area contributed by atoms with Gasteiger partial charge in [0.1, 0.15) is 16.8 Å². The fraction of sp³-hybridized carbons (Fsp3) is 0.591. The first-order valence-corrected chi connectivity index (χ1v) is 10.1. The lowest BCUT2D eigenvalue weighted by atomic mass is 9.95. The van der Waals surface area contributed by atoms with E-state index < -0.39 is 17.3 Å². The Balaban J connectivity index is 1.93. The summed E-state index contributed by atoms with van der Waals surface area (Å²) in [5, 5.41) is 0.878. The Morgan fingerprint density at radius 2 is 1.72 bits per heavy atom. The van der Waals surface area contributed by atoms with Crippen molar-refractivity contribution < 1.29 is 19.1 Å². The van der Waals surface area contributed by atoms with E-state index in [1.54, 1.807) is 15.7 Å². The highest BCUT2D eigenvalue weighted by atomic mass is 16.6. The molecule has 0 N–H and O–H groups in total. The zero-order valence-electron chi connectivity index (χ0n) is 18.2. The summed E-state index contributed by atoms with van der Waals surface area (Å²) in [5.41, 5.74) is 0.237. The van der Waals surface area contributed by atoms with Crippen LogP contribution in [0.1, 0.15) is 66.0 Å². The molecular weight excluding hydrogens is 370 g/mol. The maximum atomic E-state index is 13.0. The van der Waals surface area contributed by atoms with Gasteiger partial charge in [-0.2, -0.15) is 0 Å². The smallest absolute Gasteiger partial charge is 0.420 e. The zero-order chi connectivity index (χ0) is 21.4. The minimum absolute atomic E-state index is 0.00186. The molecule has 0 saturated carbocycles. The Morgan fingerprint density at radius 1 is 1.07 bits per heavy atom. The van der Waals surface area contributed by atoms with Crippen LogP contribution in [0.3, 0.4) is 0 Å². The number of piperidine rings is 1. The third kappa shape index (κ3) is 5.08. The first kappa shape index (κ1) is 21.1. The standard InChI is InChI=1S/C22H31N3O4/c1-21(2,3)28-19(26)24-12-8-10-16(14-24)17-13-15-9-7-11-23-18(15)25(17)20(27)29-22(4,5)6/h7,9,11,13,16H,8,10,12,14H2,1-6H3. The van der Waals surface area contributed by atoms with Crippen LogP contribution in [0.2, 0.25) is 0 Å². The SMILES string of the molecule is CC(C)(C)OC(=O)N1CCCC(c2cc3cccnc3n2C(=O)OC(C)(C)C)C1. The summed E-state index contributed by atoms with van der Waals surface area (Å²) in [7, 11) is 0. The lowest BCUT2D eigenvalue weighted by Crippen LogP contribution is -2.42. The van der Waals surface area contributed by atoms with Crippen LogP contribution >= 0.6 is 0 Å². The van der Waals surface area contributed by atoms with Gasteiger partial charge in [0.15, 0.2) is 0 Å². The number of nitrogens with zero attached hydrogens (tertiary/aromatic N) is 3. The molecule has 1 atom stereocenters. The number of aromatic nitrogens is 2. The van der Waals surface area contributed by atoms with Crippen LogP contribution in [0.5, 0.6) is 0 Å².